The molecule has 0 aliphatic heterocycles. The molecule has 2 aromatic carbocycles. The van der Waals surface area contributed by atoms with Gasteiger partial charge in [-0.05, 0) is 79.5 Å². The van der Waals surface area contributed by atoms with Crippen molar-refractivity contribution < 1.29 is 19.1 Å². The van der Waals surface area contributed by atoms with Crippen molar-refractivity contribution in [1.29, 1.82) is 0 Å². The summed E-state index contributed by atoms with van der Waals surface area (Å²) < 4.78 is 10.6. The number of ether oxygens (including phenoxy) is 2. The predicted octanol–water partition coefficient (Wildman–Crippen LogP) is 7.08. The van der Waals surface area contributed by atoms with Gasteiger partial charge in [-0.2, -0.15) is 0 Å². The minimum Gasteiger partial charge on any atom is -0.427 e. The number of carbonyl (C=O) groups excluding carboxylic acids is 2. The fourth-order valence-corrected chi connectivity index (χ4v) is 4.30. The first kappa shape index (κ1) is 23.1. The van der Waals surface area contributed by atoms with E-state index in [0.717, 1.165) is 5.92 Å². The Hall–Kier alpha value is -2.62. The van der Waals surface area contributed by atoms with Gasteiger partial charge in [0.2, 0.25) is 0 Å². The Morgan fingerprint density at radius 2 is 1.42 bits per heavy atom. The third-order valence-corrected chi connectivity index (χ3v) is 6.24. The van der Waals surface area contributed by atoms with Crippen molar-refractivity contribution in [1.82, 2.24) is 0 Å². The summed E-state index contributed by atoms with van der Waals surface area (Å²) in [6.07, 6.45) is 10.8. The van der Waals surface area contributed by atoms with Crippen molar-refractivity contribution in [2.75, 3.05) is 0 Å². The standard InChI is InChI=1S/C27H34O4/c1-3-5-6-7-20-8-10-21(11-9-20)22-12-14-23(15-13-22)27(29)31-25-18-16-24(17-19-25)30-26(28)4-2/h12-21H,3-11H2,1-2H3. The molecule has 166 valence electrons. The zero-order valence-corrected chi connectivity index (χ0v) is 18.8. The monoisotopic (exact) mass is 422 g/mol. The average Bonchev–Trinajstić information content (AvgIpc) is 2.81. The highest BCUT2D eigenvalue weighted by Gasteiger charge is 2.22. The summed E-state index contributed by atoms with van der Waals surface area (Å²) in [5.74, 6) is 1.68. The van der Waals surface area contributed by atoms with Crippen molar-refractivity contribution in [2.45, 2.75) is 77.6 Å². The zero-order valence-electron chi connectivity index (χ0n) is 18.8. The van der Waals surface area contributed by atoms with Crippen LogP contribution in [-0.2, 0) is 4.79 Å². The molecule has 1 fully saturated rings. The summed E-state index contributed by atoms with van der Waals surface area (Å²) in [5, 5.41) is 0. The maximum Gasteiger partial charge on any atom is 0.343 e. The molecule has 1 aliphatic rings. The van der Waals surface area contributed by atoms with Crippen molar-refractivity contribution in [3.8, 4) is 11.5 Å². The molecule has 0 bridgehead atoms. The summed E-state index contributed by atoms with van der Waals surface area (Å²) >= 11 is 0. The molecular formula is C27H34O4. The highest BCUT2D eigenvalue weighted by atomic mass is 16.5. The second-order valence-electron chi connectivity index (χ2n) is 8.52. The van der Waals surface area contributed by atoms with E-state index in [-0.39, 0.29) is 11.9 Å². The van der Waals surface area contributed by atoms with E-state index in [2.05, 4.69) is 19.1 Å². The lowest BCUT2D eigenvalue weighted by Crippen LogP contribution is -2.14. The Kier molecular flexibility index (Phi) is 8.69. The van der Waals surface area contributed by atoms with Crippen molar-refractivity contribution in [3.05, 3.63) is 59.7 Å². The van der Waals surface area contributed by atoms with Crippen molar-refractivity contribution >= 4 is 11.9 Å². The lowest BCUT2D eigenvalue weighted by atomic mass is 9.77. The van der Waals surface area contributed by atoms with Gasteiger partial charge < -0.3 is 9.47 Å². The van der Waals surface area contributed by atoms with Gasteiger partial charge in [0.15, 0.2) is 0 Å². The number of hydrogen-bond donors (Lipinski definition) is 0. The fourth-order valence-electron chi connectivity index (χ4n) is 4.30. The normalized spacial score (nSPS) is 18.4. The molecule has 0 heterocycles. The third-order valence-electron chi connectivity index (χ3n) is 6.24. The van der Waals surface area contributed by atoms with Crippen molar-refractivity contribution in [2.24, 2.45) is 5.92 Å². The molecule has 0 radical (unpaired) electrons. The van der Waals surface area contributed by atoms with Gasteiger partial charge in [0.25, 0.3) is 0 Å². The minimum atomic E-state index is -0.385. The van der Waals surface area contributed by atoms with Gasteiger partial charge in [0, 0.05) is 6.42 Å². The van der Waals surface area contributed by atoms with Gasteiger partial charge in [-0.25, -0.2) is 4.79 Å². The van der Waals surface area contributed by atoms with Crippen LogP contribution in [0.3, 0.4) is 0 Å². The van der Waals surface area contributed by atoms with E-state index in [9.17, 15) is 9.59 Å². The Labute approximate surface area is 186 Å². The van der Waals surface area contributed by atoms with Gasteiger partial charge in [-0.3, -0.25) is 4.79 Å². The van der Waals surface area contributed by atoms with E-state index < -0.39 is 0 Å². The topological polar surface area (TPSA) is 52.6 Å². The Bertz CT molecular complexity index is 831. The minimum absolute atomic E-state index is 0.296. The molecule has 31 heavy (non-hydrogen) atoms. The van der Waals surface area contributed by atoms with E-state index in [4.69, 9.17) is 9.47 Å². The van der Waals surface area contributed by atoms with Gasteiger partial charge in [-0.15, -0.1) is 0 Å². The number of benzene rings is 2. The molecule has 0 unspecified atom stereocenters. The average molecular weight is 423 g/mol. The summed E-state index contributed by atoms with van der Waals surface area (Å²) in [7, 11) is 0. The second kappa shape index (κ2) is 11.7. The molecule has 0 spiro atoms. The van der Waals surface area contributed by atoms with Gasteiger partial charge in [0.05, 0.1) is 5.56 Å². The summed E-state index contributed by atoms with van der Waals surface area (Å²) in [6.45, 7) is 4.00. The van der Waals surface area contributed by atoms with Crippen LogP contribution in [0.4, 0.5) is 0 Å². The first-order chi connectivity index (χ1) is 15.1. The van der Waals surface area contributed by atoms with Crippen LogP contribution in [0, 0.1) is 5.92 Å². The van der Waals surface area contributed by atoms with Crippen LogP contribution in [0.1, 0.15) is 93.5 Å². The van der Waals surface area contributed by atoms with Gasteiger partial charge >= 0.3 is 11.9 Å². The Balaban J connectivity index is 1.49. The fraction of sp³-hybridized carbons (Fsp3) is 0.481. The number of esters is 2. The number of unbranched alkanes of at least 4 members (excludes halogenated alkanes) is 2. The van der Waals surface area contributed by atoms with Crippen LogP contribution in [0.25, 0.3) is 0 Å². The molecule has 0 N–H and O–H groups in total. The predicted molar refractivity (Wildman–Crippen MR) is 123 cm³/mol. The SMILES string of the molecule is CCCCCC1CCC(c2ccc(C(=O)Oc3ccc(OC(=O)CC)cc3)cc2)CC1. The van der Waals surface area contributed by atoms with E-state index in [0.29, 0.717) is 29.4 Å². The highest BCUT2D eigenvalue weighted by molar-refractivity contribution is 5.91. The van der Waals surface area contributed by atoms with Crippen LogP contribution >= 0.6 is 0 Å². The number of carbonyl (C=O) groups is 2. The molecule has 2 aromatic rings. The molecule has 0 amide bonds. The Morgan fingerprint density at radius 3 is 2.00 bits per heavy atom. The van der Waals surface area contributed by atoms with Crippen LogP contribution in [0.15, 0.2) is 48.5 Å². The second-order valence-corrected chi connectivity index (χ2v) is 8.52. The smallest absolute Gasteiger partial charge is 0.343 e. The van der Waals surface area contributed by atoms with E-state index in [1.165, 1.54) is 56.9 Å². The number of hydrogen-bond acceptors (Lipinski definition) is 4. The third kappa shape index (κ3) is 6.95. The molecule has 0 atom stereocenters. The zero-order chi connectivity index (χ0) is 22.1. The lowest BCUT2D eigenvalue weighted by Gasteiger charge is -2.29. The van der Waals surface area contributed by atoms with E-state index in [1.54, 1.807) is 31.2 Å². The van der Waals surface area contributed by atoms with Gasteiger partial charge in [-0.1, -0.05) is 51.7 Å². The summed E-state index contributed by atoms with van der Waals surface area (Å²) in [6, 6.07) is 14.4. The summed E-state index contributed by atoms with van der Waals surface area (Å²) in [4.78, 5) is 23.8. The molecule has 4 heteroatoms. The first-order valence-electron chi connectivity index (χ1n) is 11.7. The van der Waals surface area contributed by atoms with E-state index >= 15 is 0 Å². The number of rotatable bonds is 9. The quantitative estimate of drug-likeness (QED) is 0.246. The maximum atomic E-state index is 12.5. The van der Waals surface area contributed by atoms with E-state index in [1.807, 2.05) is 12.1 Å². The lowest BCUT2D eigenvalue weighted by molar-refractivity contribution is -0.134. The maximum absolute atomic E-state index is 12.5. The highest BCUT2D eigenvalue weighted by Crippen LogP contribution is 2.37. The van der Waals surface area contributed by atoms with Crippen LogP contribution in [0.5, 0.6) is 11.5 Å². The molecule has 1 aliphatic carbocycles. The largest absolute Gasteiger partial charge is 0.427 e. The van der Waals surface area contributed by atoms with Crippen LogP contribution in [0.2, 0.25) is 0 Å². The van der Waals surface area contributed by atoms with Crippen LogP contribution < -0.4 is 9.47 Å². The molecule has 0 aromatic heterocycles. The molecule has 1 saturated carbocycles. The molecule has 0 saturated heterocycles. The first-order valence-corrected chi connectivity index (χ1v) is 11.7. The summed E-state index contributed by atoms with van der Waals surface area (Å²) in [5.41, 5.74) is 1.86. The Morgan fingerprint density at radius 1 is 0.806 bits per heavy atom. The molecular weight excluding hydrogens is 388 g/mol. The van der Waals surface area contributed by atoms with Gasteiger partial charge in [0.1, 0.15) is 11.5 Å². The molecule has 4 nitrogen and oxygen atoms in total. The molecule has 3 rings (SSSR count). The van der Waals surface area contributed by atoms with Crippen LogP contribution in [-0.4, -0.2) is 11.9 Å². The van der Waals surface area contributed by atoms with Crippen molar-refractivity contribution in [3.63, 3.8) is 0 Å².